The standard InChI is InChI=1S/C16H16N6O/c1-2-22-15(19-10-20-22)14-17-7-8-21(14)12-4-3-11-5-6-18-16(23)13(11)9-12/h3-4,7-10H,2,5-6H2,1H3,(H,18,23). The summed E-state index contributed by atoms with van der Waals surface area (Å²) in [6.45, 7) is 3.42. The number of carbonyl (C=O) groups is 1. The van der Waals surface area contributed by atoms with Crippen molar-refractivity contribution in [3.05, 3.63) is 48.0 Å². The molecule has 4 rings (SSSR count). The summed E-state index contributed by atoms with van der Waals surface area (Å²) in [7, 11) is 0. The van der Waals surface area contributed by atoms with Crippen molar-refractivity contribution in [1.29, 1.82) is 0 Å². The zero-order valence-corrected chi connectivity index (χ0v) is 12.7. The molecule has 116 valence electrons. The molecular weight excluding hydrogens is 292 g/mol. The Morgan fingerprint density at radius 3 is 3.04 bits per heavy atom. The molecule has 0 saturated carbocycles. The maximum Gasteiger partial charge on any atom is 0.251 e. The summed E-state index contributed by atoms with van der Waals surface area (Å²) in [5.74, 6) is 1.40. The number of aromatic nitrogens is 5. The molecule has 0 fully saturated rings. The van der Waals surface area contributed by atoms with Crippen molar-refractivity contribution in [3.63, 3.8) is 0 Å². The van der Waals surface area contributed by atoms with E-state index in [-0.39, 0.29) is 5.91 Å². The van der Waals surface area contributed by atoms with Crippen LogP contribution in [0.3, 0.4) is 0 Å². The van der Waals surface area contributed by atoms with Gasteiger partial charge in [0.05, 0.1) is 0 Å². The molecule has 2 aromatic heterocycles. The Hall–Kier alpha value is -2.96. The molecular formula is C16H16N6O. The quantitative estimate of drug-likeness (QED) is 0.794. The van der Waals surface area contributed by atoms with Gasteiger partial charge in [0.1, 0.15) is 6.33 Å². The van der Waals surface area contributed by atoms with Crippen LogP contribution in [0.1, 0.15) is 22.8 Å². The highest BCUT2D eigenvalue weighted by molar-refractivity contribution is 5.97. The van der Waals surface area contributed by atoms with Crippen molar-refractivity contribution < 1.29 is 4.79 Å². The van der Waals surface area contributed by atoms with Crippen LogP contribution in [-0.2, 0) is 13.0 Å². The van der Waals surface area contributed by atoms with Crippen LogP contribution in [0.2, 0.25) is 0 Å². The van der Waals surface area contributed by atoms with E-state index in [2.05, 4.69) is 20.4 Å². The largest absolute Gasteiger partial charge is 0.352 e. The lowest BCUT2D eigenvalue weighted by molar-refractivity contribution is 0.0946. The Labute approximate surface area is 133 Å². The fraction of sp³-hybridized carbons (Fsp3) is 0.250. The zero-order valence-electron chi connectivity index (χ0n) is 12.7. The highest BCUT2D eigenvalue weighted by Gasteiger charge is 2.19. The molecule has 7 nitrogen and oxygen atoms in total. The molecule has 0 atom stereocenters. The van der Waals surface area contributed by atoms with E-state index in [0.717, 1.165) is 29.8 Å². The second-order valence-corrected chi connectivity index (χ2v) is 5.37. The fourth-order valence-electron chi connectivity index (χ4n) is 2.90. The highest BCUT2D eigenvalue weighted by Crippen LogP contribution is 2.23. The van der Waals surface area contributed by atoms with Gasteiger partial charge >= 0.3 is 0 Å². The van der Waals surface area contributed by atoms with E-state index in [9.17, 15) is 4.79 Å². The SMILES string of the molecule is CCn1ncnc1-c1nccn1-c1ccc2c(c1)C(=O)NCC2. The summed E-state index contributed by atoms with van der Waals surface area (Å²) >= 11 is 0. The summed E-state index contributed by atoms with van der Waals surface area (Å²) in [6.07, 6.45) is 5.98. The highest BCUT2D eigenvalue weighted by atomic mass is 16.1. The molecule has 0 unspecified atom stereocenters. The van der Waals surface area contributed by atoms with Crippen LogP contribution in [0.5, 0.6) is 0 Å². The van der Waals surface area contributed by atoms with Crippen LogP contribution >= 0.6 is 0 Å². The van der Waals surface area contributed by atoms with Crippen molar-refractivity contribution in [2.24, 2.45) is 0 Å². The average molecular weight is 308 g/mol. The van der Waals surface area contributed by atoms with Gasteiger partial charge in [-0.15, -0.1) is 0 Å². The molecule has 0 aliphatic carbocycles. The van der Waals surface area contributed by atoms with E-state index in [1.807, 2.05) is 35.9 Å². The lowest BCUT2D eigenvalue weighted by atomic mass is 10.00. The molecule has 23 heavy (non-hydrogen) atoms. The number of nitrogens with zero attached hydrogens (tertiary/aromatic N) is 5. The zero-order chi connectivity index (χ0) is 15.8. The number of nitrogens with one attached hydrogen (secondary N) is 1. The van der Waals surface area contributed by atoms with Crippen LogP contribution in [-0.4, -0.2) is 36.8 Å². The van der Waals surface area contributed by atoms with Crippen molar-refractivity contribution in [1.82, 2.24) is 29.6 Å². The number of fused-ring (bicyclic) bond motifs is 1. The topological polar surface area (TPSA) is 77.6 Å². The lowest BCUT2D eigenvalue weighted by Crippen LogP contribution is -2.31. The van der Waals surface area contributed by atoms with Crippen LogP contribution in [0.4, 0.5) is 0 Å². The minimum Gasteiger partial charge on any atom is -0.352 e. The third-order valence-corrected chi connectivity index (χ3v) is 4.05. The minimum atomic E-state index is -0.0218. The summed E-state index contributed by atoms with van der Waals surface area (Å²) in [5, 5.41) is 7.08. The molecule has 1 aliphatic rings. The number of aryl methyl sites for hydroxylation is 1. The first-order chi connectivity index (χ1) is 11.3. The van der Waals surface area contributed by atoms with E-state index >= 15 is 0 Å². The summed E-state index contributed by atoms with van der Waals surface area (Å²) < 4.78 is 3.72. The minimum absolute atomic E-state index is 0.0218. The summed E-state index contributed by atoms with van der Waals surface area (Å²) in [5.41, 5.74) is 2.69. The van der Waals surface area contributed by atoms with Crippen molar-refractivity contribution in [3.8, 4) is 17.3 Å². The van der Waals surface area contributed by atoms with Gasteiger partial charge in [-0.3, -0.25) is 9.36 Å². The molecule has 0 radical (unpaired) electrons. The smallest absolute Gasteiger partial charge is 0.251 e. The maximum atomic E-state index is 12.1. The lowest BCUT2D eigenvalue weighted by Gasteiger charge is -2.18. The van der Waals surface area contributed by atoms with Gasteiger partial charge in [-0.1, -0.05) is 6.07 Å². The Morgan fingerprint density at radius 1 is 1.26 bits per heavy atom. The number of hydrogen-bond acceptors (Lipinski definition) is 4. The van der Waals surface area contributed by atoms with Gasteiger partial charge in [0, 0.05) is 36.7 Å². The number of rotatable bonds is 3. The molecule has 1 N–H and O–H groups in total. The number of hydrogen-bond donors (Lipinski definition) is 1. The van der Waals surface area contributed by atoms with Crippen molar-refractivity contribution in [2.45, 2.75) is 19.9 Å². The molecule has 1 aromatic carbocycles. The van der Waals surface area contributed by atoms with Crippen LogP contribution < -0.4 is 5.32 Å². The Kier molecular flexibility index (Phi) is 3.18. The molecule has 1 aliphatic heterocycles. The molecule has 0 saturated heterocycles. The van der Waals surface area contributed by atoms with Gasteiger partial charge in [0.2, 0.25) is 0 Å². The predicted molar refractivity (Wildman–Crippen MR) is 84.3 cm³/mol. The van der Waals surface area contributed by atoms with Gasteiger partial charge in [-0.05, 0) is 31.0 Å². The van der Waals surface area contributed by atoms with Crippen LogP contribution in [0.25, 0.3) is 17.3 Å². The predicted octanol–water partition coefficient (Wildman–Crippen LogP) is 1.44. The Morgan fingerprint density at radius 2 is 2.17 bits per heavy atom. The third-order valence-electron chi connectivity index (χ3n) is 4.05. The van der Waals surface area contributed by atoms with Crippen molar-refractivity contribution >= 4 is 5.91 Å². The van der Waals surface area contributed by atoms with E-state index in [0.29, 0.717) is 18.2 Å². The van der Waals surface area contributed by atoms with Gasteiger partial charge in [0.15, 0.2) is 11.6 Å². The molecule has 0 spiro atoms. The number of carbonyl (C=O) groups excluding carboxylic acids is 1. The monoisotopic (exact) mass is 308 g/mol. The van der Waals surface area contributed by atoms with E-state index < -0.39 is 0 Å². The maximum absolute atomic E-state index is 12.1. The van der Waals surface area contributed by atoms with Gasteiger partial charge in [-0.25, -0.2) is 14.6 Å². The molecule has 1 amide bonds. The first-order valence-electron chi connectivity index (χ1n) is 7.61. The first-order valence-corrected chi connectivity index (χ1v) is 7.61. The van der Waals surface area contributed by atoms with Gasteiger partial charge < -0.3 is 5.32 Å². The van der Waals surface area contributed by atoms with Crippen LogP contribution in [0.15, 0.2) is 36.9 Å². The van der Waals surface area contributed by atoms with Crippen LogP contribution in [0, 0.1) is 0 Å². The Bertz CT molecular complexity index is 878. The third kappa shape index (κ3) is 2.21. The molecule has 7 heteroatoms. The summed E-state index contributed by atoms with van der Waals surface area (Å²) in [4.78, 5) is 20.8. The van der Waals surface area contributed by atoms with E-state index in [1.54, 1.807) is 10.9 Å². The normalized spacial score (nSPS) is 13.7. The van der Waals surface area contributed by atoms with E-state index in [4.69, 9.17) is 0 Å². The summed E-state index contributed by atoms with van der Waals surface area (Å²) in [6, 6.07) is 5.93. The first kappa shape index (κ1) is 13.7. The molecule has 3 aromatic rings. The molecule has 0 bridgehead atoms. The second kappa shape index (κ2) is 5.35. The fourth-order valence-corrected chi connectivity index (χ4v) is 2.90. The molecule has 3 heterocycles. The van der Waals surface area contributed by atoms with Gasteiger partial charge in [-0.2, -0.15) is 5.10 Å². The van der Waals surface area contributed by atoms with Gasteiger partial charge in [0.25, 0.3) is 5.91 Å². The number of benzene rings is 1. The number of imidazole rings is 1. The Balaban J connectivity index is 1.83. The average Bonchev–Trinajstić information content (AvgIpc) is 3.23. The number of amides is 1. The van der Waals surface area contributed by atoms with E-state index in [1.165, 1.54) is 6.33 Å². The van der Waals surface area contributed by atoms with Crippen molar-refractivity contribution in [2.75, 3.05) is 6.54 Å². The second-order valence-electron chi connectivity index (χ2n) is 5.37.